The number of halogens is 1. The maximum atomic E-state index is 6.03. The van der Waals surface area contributed by atoms with Crippen molar-refractivity contribution in [3.8, 4) is 28.2 Å². The van der Waals surface area contributed by atoms with E-state index in [-0.39, 0.29) is 0 Å². The molecule has 0 spiro atoms. The average molecular weight is 331 g/mol. The van der Waals surface area contributed by atoms with Gasteiger partial charge < -0.3 is 0 Å². The Morgan fingerprint density at radius 3 is 1.88 bits per heavy atom. The molecule has 4 aromatic rings. The van der Waals surface area contributed by atoms with Gasteiger partial charge in [0.15, 0.2) is 0 Å². The molecular weight excluding hydrogens is 316 g/mol. The van der Waals surface area contributed by atoms with Crippen molar-refractivity contribution in [3.63, 3.8) is 0 Å². The van der Waals surface area contributed by atoms with E-state index in [0.29, 0.717) is 0 Å². The van der Waals surface area contributed by atoms with Crippen LogP contribution in [0.3, 0.4) is 0 Å². The third kappa shape index (κ3) is 2.72. The molecule has 3 aromatic carbocycles. The van der Waals surface area contributed by atoms with Crippen molar-refractivity contribution >= 4 is 11.6 Å². The van der Waals surface area contributed by atoms with Gasteiger partial charge in [-0.3, -0.25) is 4.57 Å². The predicted octanol–water partition coefficient (Wildman–Crippen LogP) is 5.86. The minimum Gasteiger partial charge on any atom is -0.298 e. The third-order valence-electron chi connectivity index (χ3n) is 3.97. The highest BCUT2D eigenvalue weighted by atomic mass is 35.5. The first-order valence-electron chi connectivity index (χ1n) is 7.77. The fraction of sp³-hybridized carbons (Fsp3) is 0. The molecule has 1 aromatic heterocycles. The van der Waals surface area contributed by atoms with Gasteiger partial charge in [0.25, 0.3) is 0 Å². The van der Waals surface area contributed by atoms with Crippen LogP contribution in [0.2, 0.25) is 5.02 Å². The van der Waals surface area contributed by atoms with Crippen molar-refractivity contribution in [1.82, 2.24) is 9.55 Å². The molecular formula is C21H15ClN2. The van der Waals surface area contributed by atoms with E-state index in [0.717, 1.165) is 33.2 Å². The first kappa shape index (κ1) is 14.7. The average Bonchev–Trinajstić information content (AvgIpc) is 3.09. The molecule has 0 saturated heterocycles. The van der Waals surface area contributed by atoms with Gasteiger partial charge in [-0.25, -0.2) is 4.98 Å². The molecule has 0 atom stereocenters. The molecule has 0 aliphatic rings. The maximum Gasteiger partial charge on any atom is 0.100 e. The Labute approximate surface area is 146 Å². The summed E-state index contributed by atoms with van der Waals surface area (Å²) in [5, 5.41) is 0.725. The fourth-order valence-electron chi connectivity index (χ4n) is 2.83. The number of hydrogen-bond donors (Lipinski definition) is 0. The quantitative estimate of drug-likeness (QED) is 0.460. The lowest BCUT2D eigenvalue weighted by Crippen LogP contribution is -1.96. The maximum absolute atomic E-state index is 6.03. The number of aromatic nitrogens is 2. The topological polar surface area (TPSA) is 17.8 Å². The summed E-state index contributed by atoms with van der Waals surface area (Å²) in [4.78, 5) is 4.69. The Bertz CT molecular complexity index is 942. The Morgan fingerprint density at radius 1 is 0.667 bits per heavy atom. The molecule has 0 bridgehead atoms. The second-order valence-electron chi connectivity index (χ2n) is 5.52. The molecule has 24 heavy (non-hydrogen) atoms. The molecule has 116 valence electrons. The van der Waals surface area contributed by atoms with Crippen LogP contribution in [0.25, 0.3) is 28.2 Å². The lowest BCUT2D eigenvalue weighted by atomic mass is 10.0. The second kappa shape index (κ2) is 6.34. The lowest BCUT2D eigenvalue weighted by Gasteiger charge is -2.11. The SMILES string of the molecule is Clc1ccc(-n2cnc(-c3ccccc3)c2-c2ccccc2)cc1. The fourth-order valence-corrected chi connectivity index (χ4v) is 2.95. The molecule has 0 saturated carbocycles. The number of imidazole rings is 1. The number of nitrogens with zero attached hydrogens (tertiary/aromatic N) is 2. The summed E-state index contributed by atoms with van der Waals surface area (Å²) < 4.78 is 2.11. The minimum absolute atomic E-state index is 0.725. The van der Waals surface area contributed by atoms with E-state index in [4.69, 9.17) is 16.6 Å². The van der Waals surface area contributed by atoms with Crippen LogP contribution in [0, 0.1) is 0 Å². The van der Waals surface area contributed by atoms with Crippen molar-refractivity contribution in [2.75, 3.05) is 0 Å². The zero-order valence-electron chi connectivity index (χ0n) is 12.9. The Morgan fingerprint density at radius 2 is 1.25 bits per heavy atom. The predicted molar refractivity (Wildman–Crippen MR) is 99.4 cm³/mol. The van der Waals surface area contributed by atoms with Gasteiger partial charge in [0, 0.05) is 21.8 Å². The molecule has 0 unspecified atom stereocenters. The number of benzene rings is 3. The van der Waals surface area contributed by atoms with Gasteiger partial charge in [0.05, 0.1) is 11.4 Å². The van der Waals surface area contributed by atoms with Crippen LogP contribution in [0.5, 0.6) is 0 Å². The van der Waals surface area contributed by atoms with Gasteiger partial charge >= 0.3 is 0 Å². The highest BCUT2D eigenvalue weighted by Crippen LogP contribution is 2.33. The zero-order valence-corrected chi connectivity index (χ0v) is 13.7. The van der Waals surface area contributed by atoms with Crippen LogP contribution >= 0.6 is 11.6 Å². The lowest BCUT2D eigenvalue weighted by molar-refractivity contribution is 1.06. The van der Waals surface area contributed by atoms with Crippen LogP contribution in [-0.2, 0) is 0 Å². The summed E-state index contributed by atoms with van der Waals surface area (Å²) in [5.74, 6) is 0. The smallest absolute Gasteiger partial charge is 0.100 e. The monoisotopic (exact) mass is 330 g/mol. The van der Waals surface area contributed by atoms with E-state index < -0.39 is 0 Å². The Kier molecular flexibility index (Phi) is 3.89. The van der Waals surface area contributed by atoms with E-state index in [1.54, 1.807) is 0 Å². The minimum atomic E-state index is 0.725. The van der Waals surface area contributed by atoms with Gasteiger partial charge in [0.1, 0.15) is 6.33 Å². The van der Waals surface area contributed by atoms with Gasteiger partial charge in [-0.15, -0.1) is 0 Å². The Hall–Kier alpha value is -2.84. The summed E-state index contributed by atoms with van der Waals surface area (Å²) in [6, 6.07) is 28.4. The molecule has 3 heteroatoms. The van der Waals surface area contributed by atoms with Crippen LogP contribution in [0.1, 0.15) is 0 Å². The highest BCUT2D eigenvalue weighted by molar-refractivity contribution is 6.30. The van der Waals surface area contributed by atoms with Crippen molar-refractivity contribution in [2.45, 2.75) is 0 Å². The van der Waals surface area contributed by atoms with Crippen molar-refractivity contribution in [3.05, 3.63) is 96.3 Å². The van der Waals surface area contributed by atoms with Crippen LogP contribution in [0.4, 0.5) is 0 Å². The van der Waals surface area contributed by atoms with Gasteiger partial charge in [-0.1, -0.05) is 72.3 Å². The first-order chi connectivity index (χ1) is 11.8. The molecule has 0 fully saturated rings. The second-order valence-corrected chi connectivity index (χ2v) is 5.96. The van der Waals surface area contributed by atoms with Gasteiger partial charge in [0.2, 0.25) is 0 Å². The standard InChI is InChI=1S/C21H15ClN2/c22-18-11-13-19(14-12-18)24-15-23-20(16-7-3-1-4-8-16)21(24)17-9-5-2-6-10-17/h1-15H. The molecule has 0 amide bonds. The van der Waals surface area contributed by atoms with Gasteiger partial charge in [-0.2, -0.15) is 0 Å². The van der Waals surface area contributed by atoms with E-state index in [9.17, 15) is 0 Å². The van der Waals surface area contributed by atoms with E-state index in [1.165, 1.54) is 0 Å². The van der Waals surface area contributed by atoms with Crippen LogP contribution in [-0.4, -0.2) is 9.55 Å². The summed E-state index contributed by atoms with van der Waals surface area (Å²) >= 11 is 6.03. The normalized spacial score (nSPS) is 10.7. The van der Waals surface area contributed by atoms with Crippen LogP contribution in [0.15, 0.2) is 91.3 Å². The molecule has 4 rings (SSSR count). The number of rotatable bonds is 3. The summed E-state index contributed by atoms with van der Waals surface area (Å²) in [7, 11) is 0. The largest absolute Gasteiger partial charge is 0.298 e. The van der Waals surface area contributed by atoms with E-state index in [1.807, 2.05) is 67.0 Å². The molecule has 0 aliphatic heterocycles. The summed E-state index contributed by atoms with van der Waals surface area (Å²) in [6.07, 6.45) is 1.87. The molecule has 0 N–H and O–H groups in total. The molecule has 0 aliphatic carbocycles. The van der Waals surface area contributed by atoms with Crippen molar-refractivity contribution in [2.24, 2.45) is 0 Å². The van der Waals surface area contributed by atoms with E-state index in [2.05, 4.69) is 28.8 Å². The summed E-state index contributed by atoms with van der Waals surface area (Å²) in [6.45, 7) is 0. The Balaban J connectivity index is 1.95. The molecule has 1 heterocycles. The highest BCUT2D eigenvalue weighted by Gasteiger charge is 2.15. The van der Waals surface area contributed by atoms with Crippen molar-refractivity contribution in [1.29, 1.82) is 0 Å². The number of hydrogen-bond acceptors (Lipinski definition) is 1. The van der Waals surface area contributed by atoms with Crippen LogP contribution < -0.4 is 0 Å². The van der Waals surface area contributed by atoms with Gasteiger partial charge in [-0.05, 0) is 24.3 Å². The van der Waals surface area contributed by atoms with E-state index >= 15 is 0 Å². The zero-order chi connectivity index (χ0) is 16.4. The summed E-state index contributed by atoms with van der Waals surface area (Å²) in [5.41, 5.74) is 5.31. The molecule has 0 radical (unpaired) electrons. The first-order valence-corrected chi connectivity index (χ1v) is 8.15. The molecule has 2 nitrogen and oxygen atoms in total. The third-order valence-corrected chi connectivity index (χ3v) is 4.22. The van der Waals surface area contributed by atoms with Crippen molar-refractivity contribution < 1.29 is 0 Å².